The van der Waals surface area contributed by atoms with Gasteiger partial charge < -0.3 is 19.5 Å². The highest BCUT2D eigenvalue weighted by Crippen LogP contribution is 2.35. The molecule has 7 nitrogen and oxygen atoms in total. The molecule has 3 rings (SSSR count). The molecule has 38 heavy (non-hydrogen) atoms. The van der Waals surface area contributed by atoms with Crippen LogP contribution in [0.1, 0.15) is 51.8 Å². The molecular weight excluding hydrogens is 494 g/mol. The third kappa shape index (κ3) is 7.66. The van der Waals surface area contributed by atoms with E-state index in [0.717, 1.165) is 0 Å². The van der Waals surface area contributed by atoms with Crippen LogP contribution in [0.15, 0.2) is 54.6 Å². The van der Waals surface area contributed by atoms with Crippen molar-refractivity contribution in [2.75, 3.05) is 6.61 Å². The highest BCUT2D eigenvalue weighted by Gasteiger charge is 2.22. The van der Waals surface area contributed by atoms with E-state index >= 15 is 0 Å². The number of benzene rings is 2. The smallest absolute Gasteiger partial charge is 0.310 e. The predicted octanol–water partition coefficient (Wildman–Crippen LogP) is 5.68. The Kier molecular flexibility index (Phi) is 10.0. The molecule has 0 aliphatic rings. The molecule has 9 heteroatoms. The molecule has 0 unspecified atom stereocenters. The summed E-state index contributed by atoms with van der Waals surface area (Å²) in [5.41, 5.74) is 2.54. The summed E-state index contributed by atoms with van der Waals surface area (Å²) >= 11 is 0. The second-order valence-corrected chi connectivity index (χ2v) is 9.36. The SMILES string of the molecule is CC(C)c1nc(-c2ccc(F)cc2)c(-c2ccc(F)cc2)n1C=C[C@H](CC(=O)CC(=O)O)O[C@H](C)CCO. The van der Waals surface area contributed by atoms with Gasteiger partial charge in [-0.1, -0.05) is 13.8 Å². The number of aliphatic hydroxyl groups is 1. The van der Waals surface area contributed by atoms with Gasteiger partial charge in [0.15, 0.2) is 0 Å². The van der Waals surface area contributed by atoms with E-state index in [4.69, 9.17) is 14.8 Å². The third-order valence-corrected chi connectivity index (χ3v) is 5.86. The van der Waals surface area contributed by atoms with E-state index < -0.39 is 30.1 Å². The zero-order valence-electron chi connectivity index (χ0n) is 21.6. The zero-order valence-corrected chi connectivity index (χ0v) is 21.6. The maximum Gasteiger partial charge on any atom is 0.310 e. The lowest BCUT2D eigenvalue weighted by Crippen LogP contribution is -2.23. The van der Waals surface area contributed by atoms with Gasteiger partial charge in [-0.2, -0.15) is 0 Å². The molecule has 0 fully saturated rings. The van der Waals surface area contributed by atoms with Crippen molar-refractivity contribution in [2.24, 2.45) is 0 Å². The number of rotatable bonds is 13. The monoisotopic (exact) mass is 526 g/mol. The van der Waals surface area contributed by atoms with Crippen LogP contribution in [0.3, 0.4) is 0 Å². The number of aliphatic carboxylic acids is 1. The molecule has 0 aliphatic carbocycles. The lowest BCUT2D eigenvalue weighted by Gasteiger charge is -2.19. The first-order chi connectivity index (χ1) is 18.1. The van der Waals surface area contributed by atoms with Crippen LogP contribution < -0.4 is 0 Å². The molecule has 0 saturated heterocycles. The predicted molar refractivity (Wildman–Crippen MR) is 140 cm³/mol. The minimum absolute atomic E-state index is 0.0469. The first kappa shape index (κ1) is 28.9. The van der Waals surface area contributed by atoms with Gasteiger partial charge in [0.05, 0.1) is 23.6 Å². The quantitative estimate of drug-likeness (QED) is 0.278. The van der Waals surface area contributed by atoms with E-state index in [-0.39, 0.29) is 30.9 Å². The Balaban J connectivity index is 2.13. The summed E-state index contributed by atoms with van der Waals surface area (Å²) in [6.07, 6.45) is 1.77. The number of nitrogens with zero attached hydrogens (tertiary/aromatic N) is 2. The summed E-state index contributed by atoms with van der Waals surface area (Å²) in [6.45, 7) is 5.58. The Morgan fingerprint density at radius 2 is 1.58 bits per heavy atom. The van der Waals surface area contributed by atoms with E-state index in [1.54, 1.807) is 43.5 Å². The van der Waals surface area contributed by atoms with Gasteiger partial charge >= 0.3 is 5.97 Å². The molecule has 202 valence electrons. The van der Waals surface area contributed by atoms with Crippen LogP contribution in [0.5, 0.6) is 0 Å². The number of ether oxygens (including phenoxy) is 1. The average Bonchev–Trinajstić information content (AvgIpc) is 3.23. The van der Waals surface area contributed by atoms with Gasteiger partial charge in [0, 0.05) is 36.3 Å². The van der Waals surface area contributed by atoms with Crippen LogP contribution in [0, 0.1) is 11.6 Å². The fourth-order valence-corrected chi connectivity index (χ4v) is 4.06. The standard InChI is InChI=1S/C29H32F2N2O5/c1-18(2)29-32-27(20-4-8-22(30)9-5-20)28(21-6-10-23(31)11-7-21)33(29)14-12-25(38-19(3)13-15-34)16-24(35)17-26(36)37/h4-12,14,18-19,25,34H,13,15-17H2,1-3H3,(H,36,37)/t19-,25-/m1/s1. The van der Waals surface area contributed by atoms with Crippen LogP contribution in [-0.2, 0) is 14.3 Å². The Hall–Kier alpha value is -3.69. The molecule has 2 atom stereocenters. The maximum absolute atomic E-state index is 13.8. The number of Topliss-reactive ketones (excluding diaryl/α,β-unsaturated/α-hetero) is 1. The van der Waals surface area contributed by atoms with Crippen molar-refractivity contribution in [3.05, 3.63) is 72.1 Å². The number of carboxylic acid groups (broad SMARTS) is 1. The zero-order chi connectivity index (χ0) is 27.8. The van der Waals surface area contributed by atoms with Crippen LogP contribution in [0.4, 0.5) is 8.78 Å². The number of aromatic nitrogens is 2. The molecule has 1 heterocycles. The summed E-state index contributed by atoms with van der Waals surface area (Å²) in [7, 11) is 0. The number of halogens is 2. The molecule has 1 aromatic heterocycles. The summed E-state index contributed by atoms with van der Waals surface area (Å²) in [5, 5.41) is 18.3. The van der Waals surface area contributed by atoms with Crippen LogP contribution in [0.25, 0.3) is 28.7 Å². The van der Waals surface area contributed by atoms with Gasteiger partial charge in [-0.05, 0) is 68.0 Å². The number of hydrogen-bond acceptors (Lipinski definition) is 5. The number of carboxylic acids is 1. The van der Waals surface area contributed by atoms with Crippen molar-refractivity contribution in [3.8, 4) is 22.5 Å². The van der Waals surface area contributed by atoms with Crippen molar-refractivity contribution >= 4 is 18.0 Å². The average molecular weight is 527 g/mol. The summed E-state index contributed by atoms with van der Waals surface area (Å²) in [4.78, 5) is 28.2. The van der Waals surface area contributed by atoms with E-state index in [1.165, 1.54) is 24.3 Å². The molecule has 0 amide bonds. The second kappa shape index (κ2) is 13.2. The van der Waals surface area contributed by atoms with Crippen LogP contribution in [0.2, 0.25) is 0 Å². The summed E-state index contributed by atoms with van der Waals surface area (Å²) in [6, 6.07) is 11.9. The van der Waals surface area contributed by atoms with Crippen LogP contribution in [-0.4, -0.2) is 50.3 Å². The van der Waals surface area contributed by atoms with Gasteiger partial charge in [0.1, 0.15) is 29.7 Å². The van der Waals surface area contributed by atoms with Crippen LogP contribution >= 0.6 is 0 Å². The first-order valence-electron chi connectivity index (χ1n) is 12.4. The van der Waals surface area contributed by atoms with Crippen molar-refractivity contribution in [1.29, 1.82) is 0 Å². The van der Waals surface area contributed by atoms with E-state index in [2.05, 4.69) is 0 Å². The van der Waals surface area contributed by atoms with Crippen molar-refractivity contribution in [1.82, 2.24) is 9.55 Å². The van der Waals surface area contributed by atoms with Gasteiger partial charge in [-0.15, -0.1) is 0 Å². The molecule has 0 aliphatic heterocycles. The fraction of sp³-hybridized carbons (Fsp3) is 0.345. The van der Waals surface area contributed by atoms with Crippen molar-refractivity contribution in [2.45, 2.75) is 58.2 Å². The minimum atomic E-state index is -1.22. The Morgan fingerprint density at radius 3 is 2.11 bits per heavy atom. The lowest BCUT2D eigenvalue weighted by atomic mass is 10.0. The molecule has 0 saturated carbocycles. The number of carbonyl (C=O) groups is 2. The Labute approximate surface area is 220 Å². The van der Waals surface area contributed by atoms with Gasteiger partial charge in [0.25, 0.3) is 0 Å². The van der Waals surface area contributed by atoms with E-state index in [9.17, 15) is 23.5 Å². The summed E-state index contributed by atoms with van der Waals surface area (Å²) in [5.74, 6) is -1.88. The van der Waals surface area contributed by atoms with E-state index in [0.29, 0.717) is 34.8 Å². The largest absolute Gasteiger partial charge is 0.481 e. The third-order valence-electron chi connectivity index (χ3n) is 5.86. The molecular formula is C29H32F2N2O5. The van der Waals surface area contributed by atoms with Gasteiger partial charge in [-0.25, -0.2) is 13.8 Å². The molecule has 0 radical (unpaired) electrons. The minimum Gasteiger partial charge on any atom is -0.481 e. The van der Waals surface area contributed by atoms with Crippen molar-refractivity contribution in [3.63, 3.8) is 0 Å². The number of hydrogen-bond donors (Lipinski definition) is 2. The van der Waals surface area contributed by atoms with Crippen molar-refractivity contribution < 1.29 is 33.3 Å². The number of ketones is 1. The molecule has 0 spiro atoms. The second-order valence-electron chi connectivity index (χ2n) is 9.36. The normalized spacial score (nSPS) is 13.2. The molecule has 2 N–H and O–H groups in total. The molecule has 2 aromatic carbocycles. The first-order valence-corrected chi connectivity index (χ1v) is 12.4. The fourth-order valence-electron chi connectivity index (χ4n) is 4.06. The summed E-state index contributed by atoms with van der Waals surface area (Å²) < 4.78 is 35.2. The van der Waals surface area contributed by atoms with E-state index in [1.807, 2.05) is 18.4 Å². The number of aliphatic hydroxyl groups excluding tert-OH is 1. The maximum atomic E-state index is 13.8. The highest BCUT2D eigenvalue weighted by molar-refractivity contribution is 5.95. The molecule has 3 aromatic rings. The Morgan fingerprint density at radius 1 is 1.00 bits per heavy atom. The highest BCUT2D eigenvalue weighted by atomic mass is 19.1. The Bertz CT molecular complexity index is 1270. The lowest BCUT2D eigenvalue weighted by molar-refractivity contribution is -0.140. The van der Waals surface area contributed by atoms with Gasteiger partial charge in [-0.3, -0.25) is 9.59 Å². The number of carbonyl (C=O) groups excluding carboxylic acids is 1. The topological polar surface area (TPSA) is 102 Å². The molecule has 0 bridgehead atoms. The number of imidazole rings is 1. The van der Waals surface area contributed by atoms with Gasteiger partial charge in [0.2, 0.25) is 0 Å².